The van der Waals surface area contributed by atoms with Crippen LogP contribution in [0.1, 0.15) is 0 Å². The van der Waals surface area contributed by atoms with Crippen LogP contribution in [0.15, 0.2) is 76.0 Å². The standard InChI is InChI=1S/C16H11NO3S/c18-15-11-14(12-7-3-1-4-8-12)17(20-15)16(21)19-13-9-5-2-6-10-13/h1-11H. The molecule has 104 valence electrons. The lowest BCUT2D eigenvalue weighted by atomic mass is 10.1. The highest BCUT2D eigenvalue weighted by molar-refractivity contribution is 7.80. The SMILES string of the molecule is O=c1cc(-c2ccccc2)n(C(=S)Oc2ccccc2)o1. The molecule has 0 spiro atoms. The molecule has 1 heterocycles. The summed E-state index contributed by atoms with van der Waals surface area (Å²) in [5, 5.41) is 0.0575. The minimum atomic E-state index is -0.479. The zero-order chi connectivity index (χ0) is 14.7. The van der Waals surface area contributed by atoms with Crippen molar-refractivity contribution in [1.29, 1.82) is 0 Å². The van der Waals surface area contributed by atoms with Gasteiger partial charge in [-0.3, -0.25) is 0 Å². The van der Waals surface area contributed by atoms with Gasteiger partial charge in [0.2, 0.25) is 0 Å². The number of thiocarbonyl (C=S) groups is 1. The van der Waals surface area contributed by atoms with Gasteiger partial charge in [-0.1, -0.05) is 48.5 Å². The van der Waals surface area contributed by atoms with Gasteiger partial charge in [-0.2, -0.15) is 0 Å². The van der Waals surface area contributed by atoms with Gasteiger partial charge in [-0.15, -0.1) is 4.74 Å². The maximum atomic E-state index is 11.5. The highest BCUT2D eigenvalue weighted by atomic mass is 32.1. The Bertz CT molecular complexity index is 806. The second kappa shape index (κ2) is 5.76. The Morgan fingerprint density at radius 1 is 1.00 bits per heavy atom. The summed E-state index contributed by atoms with van der Waals surface area (Å²) in [6.45, 7) is 0. The third-order valence-corrected chi connectivity index (χ3v) is 3.09. The number of hydrogen-bond donors (Lipinski definition) is 0. The van der Waals surface area contributed by atoms with E-state index in [9.17, 15) is 4.79 Å². The first-order valence-corrected chi connectivity index (χ1v) is 6.71. The molecule has 0 amide bonds. The molecule has 0 aliphatic carbocycles. The van der Waals surface area contributed by atoms with Crippen LogP contribution < -0.4 is 10.4 Å². The molecule has 21 heavy (non-hydrogen) atoms. The second-order valence-electron chi connectivity index (χ2n) is 4.28. The largest absolute Gasteiger partial charge is 0.430 e. The average Bonchev–Trinajstić information content (AvgIpc) is 2.91. The molecular formula is C16H11NO3S. The first-order valence-electron chi connectivity index (χ1n) is 6.30. The highest BCUT2D eigenvalue weighted by Gasteiger charge is 2.14. The Hall–Kier alpha value is -2.66. The molecule has 0 aliphatic heterocycles. The summed E-state index contributed by atoms with van der Waals surface area (Å²) in [4.78, 5) is 11.5. The predicted octanol–water partition coefficient (Wildman–Crippen LogP) is 3.32. The molecule has 0 unspecified atom stereocenters. The maximum Gasteiger partial charge on any atom is 0.358 e. The molecule has 0 aliphatic rings. The van der Waals surface area contributed by atoms with Crippen molar-refractivity contribution < 1.29 is 9.26 Å². The Balaban J connectivity index is 1.96. The van der Waals surface area contributed by atoms with E-state index in [4.69, 9.17) is 21.5 Å². The third kappa shape index (κ3) is 2.93. The predicted molar refractivity (Wildman–Crippen MR) is 83.5 cm³/mol. The van der Waals surface area contributed by atoms with E-state index in [2.05, 4.69) is 0 Å². The maximum absolute atomic E-state index is 11.5. The van der Waals surface area contributed by atoms with E-state index in [1.165, 1.54) is 10.8 Å². The van der Waals surface area contributed by atoms with E-state index < -0.39 is 5.63 Å². The Kier molecular flexibility index (Phi) is 3.66. The Labute approximate surface area is 126 Å². The van der Waals surface area contributed by atoms with Crippen LogP contribution in [0.3, 0.4) is 0 Å². The van der Waals surface area contributed by atoms with Crippen LogP contribution in [-0.2, 0) is 0 Å². The first kappa shape index (κ1) is 13.3. The van der Waals surface area contributed by atoms with Gasteiger partial charge in [0.15, 0.2) is 0 Å². The molecular weight excluding hydrogens is 286 g/mol. The van der Waals surface area contributed by atoms with E-state index in [1.807, 2.05) is 48.5 Å². The van der Waals surface area contributed by atoms with Gasteiger partial charge in [-0.05, 0) is 24.4 Å². The van der Waals surface area contributed by atoms with Gasteiger partial charge in [0.05, 0.1) is 11.8 Å². The van der Waals surface area contributed by atoms with E-state index in [-0.39, 0.29) is 5.17 Å². The number of ether oxygens (including phenoxy) is 1. The number of hydrogen-bond acceptors (Lipinski definition) is 4. The van der Waals surface area contributed by atoms with Crippen LogP contribution in [0, 0.1) is 0 Å². The molecule has 0 saturated heterocycles. The lowest BCUT2D eigenvalue weighted by Crippen LogP contribution is -2.17. The zero-order valence-corrected chi connectivity index (χ0v) is 11.7. The van der Waals surface area contributed by atoms with Crippen LogP contribution >= 0.6 is 12.2 Å². The molecule has 0 N–H and O–H groups in total. The van der Waals surface area contributed by atoms with Crippen LogP contribution in [0.5, 0.6) is 5.75 Å². The van der Waals surface area contributed by atoms with E-state index in [0.29, 0.717) is 11.4 Å². The molecule has 0 saturated carbocycles. The molecule has 0 bridgehead atoms. The molecule has 3 rings (SSSR count). The van der Waals surface area contributed by atoms with Gasteiger partial charge in [0, 0.05) is 5.56 Å². The summed E-state index contributed by atoms with van der Waals surface area (Å²) in [5.74, 6) is 0.581. The van der Waals surface area contributed by atoms with E-state index >= 15 is 0 Å². The number of nitrogens with zero attached hydrogens (tertiary/aromatic N) is 1. The fourth-order valence-electron chi connectivity index (χ4n) is 1.91. The average molecular weight is 297 g/mol. The van der Waals surface area contributed by atoms with Crippen molar-refractivity contribution in [2.45, 2.75) is 0 Å². The van der Waals surface area contributed by atoms with Crippen LogP contribution in [0.25, 0.3) is 11.3 Å². The highest BCUT2D eigenvalue weighted by Crippen LogP contribution is 2.19. The van der Waals surface area contributed by atoms with Crippen LogP contribution in [0.2, 0.25) is 0 Å². The van der Waals surface area contributed by atoms with Gasteiger partial charge in [0.25, 0.3) is 0 Å². The smallest absolute Gasteiger partial charge is 0.358 e. The lowest BCUT2D eigenvalue weighted by Gasteiger charge is -2.08. The molecule has 0 fully saturated rings. The summed E-state index contributed by atoms with van der Waals surface area (Å²) < 4.78 is 11.9. The zero-order valence-electron chi connectivity index (χ0n) is 10.9. The van der Waals surface area contributed by atoms with Crippen LogP contribution in [-0.4, -0.2) is 9.91 Å². The number of benzene rings is 2. The van der Waals surface area contributed by atoms with Crippen molar-refractivity contribution in [2.75, 3.05) is 0 Å². The van der Waals surface area contributed by atoms with Gasteiger partial charge < -0.3 is 9.26 Å². The molecule has 3 aromatic rings. The monoisotopic (exact) mass is 297 g/mol. The first-order chi connectivity index (χ1) is 10.2. The Morgan fingerprint density at radius 3 is 2.29 bits per heavy atom. The summed E-state index contributed by atoms with van der Waals surface area (Å²) in [6.07, 6.45) is 0. The van der Waals surface area contributed by atoms with Gasteiger partial charge in [0.1, 0.15) is 5.75 Å². The quantitative estimate of drug-likeness (QED) is 0.681. The number of para-hydroxylation sites is 1. The van der Waals surface area contributed by atoms with Crippen molar-refractivity contribution in [1.82, 2.24) is 4.74 Å². The molecule has 4 nitrogen and oxygen atoms in total. The molecule has 0 radical (unpaired) electrons. The fraction of sp³-hybridized carbons (Fsp3) is 0. The van der Waals surface area contributed by atoms with Gasteiger partial charge >= 0.3 is 10.8 Å². The number of rotatable bonds is 2. The molecule has 0 atom stereocenters. The lowest BCUT2D eigenvalue weighted by molar-refractivity contribution is 0.317. The topological polar surface area (TPSA) is 44.4 Å². The molecule has 5 heteroatoms. The minimum absolute atomic E-state index is 0.0575. The summed E-state index contributed by atoms with van der Waals surface area (Å²) in [6, 6.07) is 19.9. The molecule has 2 aromatic carbocycles. The van der Waals surface area contributed by atoms with Gasteiger partial charge in [-0.25, -0.2) is 4.79 Å². The summed E-state index contributed by atoms with van der Waals surface area (Å²) >= 11 is 5.21. The second-order valence-corrected chi connectivity index (χ2v) is 4.63. The van der Waals surface area contributed by atoms with E-state index in [1.54, 1.807) is 12.1 Å². The fourth-order valence-corrected chi connectivity index (χ4v) is 2.14. The minimum Gasteiger partial charge on any atom is -0.430 e. The Morgan fingerprint density at radius 2 is 1.62 bits per heavy atom. The van der Waals surface area contributed by atoms with E-state index in [0.717, 1.165) is 5.56 Å². The summed E-state index contributed by atoms with van der Waals surface area (Å²) in [5.41, 5.74) is 0.900. The van der Waals surface area contributed by atoms with Crippen molar-refractivity contribution in [3.63, 3.8) is 0 Å². The normalized spacial score (nSPS) is 10.3. The van der Waals surface area contributed by atoms with Crippen molar-refractivity contribution in [3.8, 4) is 17.0 Å². The third-order valence-electron chi connectivity index (χ3n) is 2.84. The molecule has 1 aromatic heterocycles. The number of aromatic nitrogens is 1. The summed E-state index contributed by atoms with van der Waals surface area (Å²) in [7, 11) is 0. The van der Waals surface area contributed by atoms with Crippen LogP contribution in [0.4, 0.5) is 0 Å². The van der Waals surface area contributed by atoms with Crippen molar-refractivity contribution in [2.24, 2.45) is 0 Å². The van der Waals surface area contributed by atoms with Crippen molar-refractivity contribution in [3.05, 3.63) is 77.2 Å². The van der Waals surface area contributed by atoms with Crippen molar-refractivity contribution >= 4 is 17.4 Å².